The normalized spacial score (nSPS) is 16.3. The quantitative estimate of drug-likeness (QED) is 0.798. The van der Waals surface area contributed by atoms with Crippen LogP contribution in [-0.4, -0.2) is 42.5 Å². The summed E-state index contributed by atoms with van der Waals surface area (Å²) in [7, 11) is 0. The molecular weight excluding hydrogens is 307 g/mol. The lowest BCUT2D eigenvalue weighted by molar-refractivity contribution is 0.0151. The second kappa shape index (κ2) is 7.13. The summed E-state index contributed by atoms with van der Waals surface area (Å²) in [6, 6.07) is 1.01. The first-order chi connectivity index (χ1) is 10.0. The van der Waals surface area contributed by atoms with Crippen molar-refractivity contribution in [3.05, 3.63) is 35.1 Å². The minimum absolute atomic E-state index is 0.00397. The van der Waals surface area contributed by atoms with Crippen molar-refractivity contribution in [2.75, 3.05) is 25.6 Å². The fraction of sp³-hybridized carbons (Fsp3) is 0.500. The van der Waals surface area contributed by atoms with Gasteiger partial charge in [-0.15, -0.1) is 11.6 Å². The zero-order valence-corrected chi connectivity index (χ0v) is 12.0. The molecule has 0 unspecified atom stereocenters. The summed E-state index contributed by atoms with van der Waals surface area (Å²) in [4.78, 5) is 13.5. The van der Waals surface area contributed by atoms with Gasteiger partial charge in [0.15, 0.2) is 0 Å². The van der Waals surface area contributed by atoms with Crippen molar-refractivity contribution in [2.24, 2.45) is 0 Å². The van der Waals surface area contributed by atoms with E-state index >= 15 is 0 Å². The number of piperidine rings is 1. The third-order valence-electron chi connectivity index (χ3n) is 3.38. The number of nitrogens with zero attached hydrogens (tertiary/aromatic N) is 1. The van der Waals surface area contributed by atoms with Gasteiger partial charge in [0.25, 0.3) is 5.91 Å². The van der Waals surface area contributed by atoms with Crippen LogP contribution in [0.3, 0.4) is 0 Å². The Morgan fingerprint density at radius 3 is 2.33 bits per heavy atom. The van der Waals surface area contributed by atoms with E-state index in [-0.39, 0.29) is 6.10 Å². The molecular formula is C14H15ClF3NO2. The van der Waals surface area contributed by atoms with Crippen LogP contribution in [0.1, 0.15) is 23.2 Å². The molecule has 1 amide bonds. The minimum atomic E-state index is -1.18. The van der Waals surface area contributed by atoms with Gasteiger partial charge in [-0.05, 0) is 12.8 Å². The van der Waals surface area contributed by atoms with Crippen LogP contribution in [0.2, 0.25) is 0 Å². The number of amides is 1. The van der Waals surface area contributed by atoms with E-state index in [1.54, 1.807) is 0 Å². The number of hydrogen-bond acceptors (Lipinski definition) is 2. The van der Waals surface area contributed by atoms with Crippen LogP contribution in [0.25, 0.3) is 0 Å². The maximum absolute atomic E-state index is 13.6. The molecule has 1 saturated heterocycles. The fourth-order valence-electron chi connectivity index (χ4n) is 2.34. The maximum atomic E-state index is 13.6. The number of alkyl halides is 1. The van der Waals surface area contributed by atoms with Gasteiger partial charge in [0.1, 0.15) is 23.0 Å². The van der Waals surface area contributed by atoms with Crippen LogP contribution < -0.4 is 0 Å². The zero-order chi connectivity index (χ0) is 15.4. The molecule has 1 aliphatic heterocycles. The molecule has 3 nitrogen and oxygen atoms in total. The highest BCUT2D eigenvalue weighted by molar-refractivity contribution is 6.17. The van der Waals surface area contributed by atoms with E-state index < -0.39 is 28.9 Å². The highest BCUT2D eigenvalue weighted by Crippen LogP contribution is 2.20. The fourth-order valence-corrected chi connectivity index (χ4v) is 2.43. The van der Waals surface area contributed by atoms with Crippen LogP contribution >= 0.6 is 11.6 Å². The summed E-state index contributed by atoms with van der Waals surface area (Å²) in [6.07, 6.45) is 1.15. The molecule has 2 rings (SSSR count). The van der Waals surface area contributed by atoms with E-state index in [1.165, 1.54) is 4.90 Å². The van der Waals surface area contributed by atoms with E-state index in [4.69, 9.17) is 16.3 Å². The Morgan fingerprint density at radius 1 is 1.24 bits per heavy atom. The van der Waals surface area contributed by atoms with Gasteiger partial charge in [0, 0.05) is 31.1 Å². The van der Waals surface area contributed by atoms with Crippen molar-refractivity contribution in [3.8, 4) is 0 Å². The highest BCUT2D eigenvalue weighted by Gasteiger charge is 2.28. The average Bonchev–Trinajstić information content (AvgIpc) is 2.44. The molecule has 0 aliphatic carbocycles. The first-order valence-corrected chi connectivity index (χ1v) is 7.17. The Kier molecular flexibility index (Phi) is 5.47. The Bertz CT molecular complexity index is 496. The number of ether oxygens (including phenoxy) is 1. The van der Waals surface area contributed by atoms with Gasteiger partial charge < -0.3 is 9.64 Å². The van der Waals surface area contributed by atoms with Crippen molar-refractivity contribution in [1.82, 2.24) is 4.90 Å². The lowest BCUT2D eigenvalue weighted by Gasteiger charge is -2.32. The van der Waals surface area contributed by atoms with Gasteiger partial charge in [-0.1, -0.05) is 0 Å². The van der Waals surface area contributed by atoms with Crippen molar-refractivity contribution in [1.29, 1.82) is 0 Å². The van der Waals surface area contributed by atoms with Gasteiger partial charge in [-0.2, -0.15) is 0 Å². The number of carbonyl (C=O) groups is 1. The number of hydrogen-bond donors (Lipinski definition) is 0. The zero-order valence-electron chi connectivity index (χ0n) is 11.3. The van der Waals surface area contributed by atoms with Gasteiger partial charge >= 0.3 is 0 Å². The topological polar surface area (TPSA) is 29.5 Å². The first kappa shape index (κ1) is 16.1. The van der Waals surface area contributed by atoms with Gasteiger partial charge in [-0.3, -0.25) is 4.79 Å². The molecule has 0 saturated carbocycles. The minimum Gasteiger partial charge on any atom is -0.377 e. The smallest absolute Gasteiger partial charge is 0.259 e. The Hall–Kier alpha value is -1.27. The summed E-state index contributed by atoms with van der Waals surface area (Å²) >= 11 is 5.52. The summed E-state index contributed by atoms with van der Waals surface area (Å²) < 4.78 is 45.5. The van der Waals surface area contributed by atoms with Crippen LogP contribution in [0.5, 0.6) is 0 Å². The Morgan fingerprint density at radius 2 is 1.81 bits per heavy atom. The van der Waals surface area contributed by atoms with Crippen molar-refractivity contribution in [3.63, 3.8) is 0 Å². The first-order valence-electron chi connectivity index (χ1n) is 6.64. The molecule has 1 aliphatic rings. The number of rotatable bonds is 4. The molecule has 7 heteroatoms. The number of carbonyl (C=O) groups excluding carboxylic acids is 1. The summed E-state index contributed by atoms with van der Waals surface area (Å²) in [5.74, 6) is -3.78. The van der Waals surface area contributed by atoms with Gasteiger partial charge in [0.05, 0.1) is 12.7 Å². The molecule has 0 spiro atoms. The summed E-state index contributed by atoms with van der Waals surface area (Å²) in [5, 5.41) is 0. The maximum Gasteiger partial charge on any atom is 0.259 e. The van der Waals surface area contributed by atoms with Crippen LogP contribution in [0.4, 0.5) is 13.2 Å². The largest absolute Gasteiger partial charge is 0.377 e. The van der Waals surface area contributed by atoms with E-state index in [9.17, 15) is 18.0 Å². The second-order valence-corrected chi connectivity index (χ2v) is 5.17. The Labute approximate surface area is 125 Å². The average molecular weight is 322 g/mol. The van der Waals surface area contributed by atoms with E-state index in [1.807, 2.05) is 0 Å². The number of likely N-dealkylation sites (tertiary alicyclic amines) is 1. The van der Waals surface area contributed by atoms with Crippen molar-refractivity contribution in [2.45, 2.75) is 18.9 Å². The van der Waals surface area contributed by atoms with Crippen molar-refractivity contribution < 1.29 is 22.7 Å². The third-order valence-corrected chi connectivity index (χ3v) is 3.53. The number of halogens is 4. The molecule has 0 aromatic heterocycles. The molecule has 1 fully saturated rings. The molecule has 0 N–H and O–H groups in total. The second-order valence-electron chi connectivity index (χ2n) is 4.80. The standard InChI is InChI=1S/C14H15ClF3NO2/c15-3-6-21-10-1-4-19(5-2-10)14(20)13-11(17)7-9(16)8-12(13)18/h7-8,10H,1-6H2. The molecule has 21 heavy (non-hydrogen) atoms. The number of benzene rings is 1. The van der Waals surface area contributed by atoms with Crippen LogP contribution in [0, 0.1) is 17.5 Å². The van der Waals surface area contributed by atoms with Crippen LogP contribution in [-0.2, 0) is 4.74 Å². The summed E-state index contributed by atoms with van der Waals surface area (Å²) in [5.41, 5.74) is -0.712. The molecule has 1 aromatic rings. The monoisotopic (exact) mass is 321 g/mol. The lowest BCUT2D eigenvalue weighted by atomic mass is 10.1. The van der Waals surface area contributed by atoms with Gasteiger partial charge in [0.2, 0.25) is 0 Å². The molecule has 0 atom stereocenters. The van der Waals surface area contributed by atoms with E-state index in [0.717, 1.165) is 0 Å². The SMILES string of the molecule is O=C(c1c(F)cc(F)cc1F)N1CCC(OCCCl)CC1. The molecule has 0 radical (unpaired) electrons. The predicted molar refractivity (Wildman–Crippen MR) is 71.9 cm³/mol. The summed E-state index contributed by atoms with van der Waals surface area (Å²) in [6.45, 7) is 1.10. The van der Waals surface area contributed by atoms with Crippen LogP contribution in [0.15, 0.2) is 12.1 Å². The highest BCUT2D eigenvalue weighted by atomic mass is 35.5. The third kappa shape index (κ3) is 3.89. The molecule has 1 aromatic carbocycles. The van der Waals surface area contributed by atoms with E-state index in [0.29, 0.717) is 50.6 Å². The van der Waals surface area contributed by atoms with E-state index in [2.05, 4.69) is 0 Å². The predicted octanol–water partition coefficient (Wildman–Crippen LogP) is 2.96. The molecule has 0 bridgehead atoms. The molecule has 116 valence electrons. The molecule has 1 heterocycles. The lowest BCUT2D eigenvalue weighted by Crippen LogP contribution is -2.41. The van der Waals surface area contributed by atoms with Crippen molar-refractivity contribution >= 4 is 17.5 Å². The van der Waals surface area contributed by atoms with Gasteiger partial charge in [-0.25, -0.2) is 13.2 Å². The Balaban J connectivity index is 2.02.